The molecule has 0 saturated heterocycles. The van der Waals surface area contributed by atoms with E-state index in [0.29, 0.717) is 146 Å². The minimum absolute atomic E-state index is 0.341. The highest BCUT2D eigenvalue weighted by atomic mass is 16.5. The van der Waals surface area contributed by atoms with Crippen LogP contribution in [0.4, 0.5) is 0 Å². The zero-order chi connectivity index (χ0) is 74.6. The lowest BCUT2D eigenvalue weighted by Gasteiger charge is -2.13. The van der Waals surface area contributed by atoms with Crippen molar-refractivity contribution in [3.8, 4) is 40.9 Å². The van der Waals surface area contributed by atoms with Crippen molar-refractivity contribution >= 4 is 58.6 Å². The Hall–Kier alpha value is -8.75. The molecule has 10 nitrogen and oxygen atoms in total. The third-order valence-corrected chi connectivity index (χ3v) is 19.6. The summed E-state index contributed by atoms with van der Waals surface area (Å²) in [5.74, 6) is 2.92. The van der Waals surface area contributed by atoms with Gasteiger partial charge in [0.25, 0.3) is 0 Å². The van der Waals surface area contributed by atoms with Crippen LogP contribution in [0.25, 0.3) is 73.2 Å². The van der Waals surface area contributed by atoms with Crippen LogP contribution in [0.15, 0.2) is 91.0 Å². The predicted octanol–water partition coefficient (Wildman–Crippen LogP) is 29.0. The largest absolute Gasteiger partial charge is 0.494 e. The smallest absolute Gasteiger partial charge is 0.195 e. The highest BCUT2D eigenvalue weighted by molar-refractivity contribution is 5.96. The van der Waals surface area contributed by atoms with E-state index in [1.165, 1.54) is 161 Å². The number of nitrogens with zero attached hydrogens (tertiary/aromatic N) is 5. The van der Waals surface area contributed by atoms with Crippen molar-refractivity contribution in [2.75, 3.05) is 33.0 Å². The van der Waals surface area contributed by atoms with E-state index in [0.717, 1.165) is 96.3 Å². The number of allylic oxidation sites excluding steroid dienone is 2. The van der Waals surface area contributed by atoms with Gasteiger partial charge in [-0.3, -0.25) is 0 Å². The summed E-state index contributed by atoms with van der Waals surface area (Å²) in [5, 5.41) is 22.7. The molecule has 5 aromatic rings. The van der Waals surface area contributed by atoms with Gasteiger partial charge in [0.2, 0.25) is 0 Å². The first-order valence-electron chi connectivity index (χ1n) is 41.1. The molecule has 0 fully saturated rings. The van der Waals surface area contributed by atoms with Gasteiger partial charge in [-0.2, -0.15) is 10.5 Å². The maximum atomic E-state index is 11.3. The van der Waals surface area contributed by atoms with Gasteiger partial charge in [0.15, 0.2) is 17.1 Å². The van der Waals surface area contributed by atoms with Crippen molar-refractivity contribution in [2.24, 2.45) is 0 Å². The Balaban J connectivity index is 1.57. The Labute approximate surface area is 635 Å². The van der Waals surface area contributed by atoms with Crippen molar-refractivity contribution in [1.29, 1.82) is 10.5 Å². The Morgan fingerprint density at radius 3 is 0.619 bits per heavy atom. The summed E-state index contributed by atoms with van der Waals surface area (Å²) in [6, 6.07) is 34.0. The van der Waals surface area contributed by atoms with Crippen LogP contribution in [0, 0.1) is 42.4 Å². The number of hydrogen-bond donors (Lipinski definition) is 0. The van der Waals surface area contributed by atoms with Gasteiger partial charge in [0.1, 0.15) is 28.7 Å². The normalized spacial score (nSPS) is 12.1. The summed E-state index contributed by atoms with van der Waals surface area (Å²) < 4.78 is 33.1. The molecule has 1 aliphatic carbocycles. The SMILES string of the molecule is [C-]#[N+]C1=Cc2cc(OCCCCCCCCCC)cc(c2)C(C#N)=Cc2cc(OCCCCCCCCCC)cc(c2)C(C#N)=Cc2cc(OCCCCCCCCCC)cc(c2)C([N+]#[C-])=Cc2cc(OCCCCCCCCCC)cc(c2)C([N+]#[C-])=Cc2cc(OCCCCCCCCCC)cc1c2. The first-order chi connectivity index (χ1) is 51.7. The van der Waals surface area contributed by atoms with E-state index in [-0.39, 0.29) is 0 Å². The van der Waals surface area contributed by atoms with Crippen LogP contribution in [-0.4, -0.2) is 33.0 Å². The fourth-order valence-electron chi connectivity index (χ4n) is 13.5. The second kappa shape index (κ2) is 53.1. The van der Waals surface area contributed by atoms with E-state index >= 15 is 0 Å². The molecule has 0 radical (unpaired) electrons. The third-order valence-electron chi connectivity index (χ3n) is 19.6. The molecule has 0 spiro atoms. The minimum Gasteiger partial charge on any atom is -0.494 e. The van der Waals surface area contributed by atoms with Crippen molar-refractivity contribution in [1.82, 2.24) is 0 Å². The Morgan fingerprint density at radius 1 is 0.238 bits per heavy atom. The Bertz CT molecular complexity index is 3190. The van der Waals surface area contributed by atoms with Gasteiger partial charge in [0, 0.05) is 0 Å². The lowest BCUT2D eigenvalue weighted by molar-refractivity contribution is 0.304. The average Bonchev–Trinajstić information content (AvgIpc) is 0.961. The third kappa shape index (κ3) is 33.9. The van der Waals surface area contributed by atoms with E-state index in [4.69, 9.17) is 43.4 Å². The Kier molecular flexibility index (Phi) is 43.1. The standard InChI is InChI=1S/C95H125N5O5/c1-9-14-19-24-29-34-39-44-49-101-88-61-76-54-81(69-88)87(75-97)60-77-56-83(71-90(62-77)103-51-46-41-36-31-26-21-16-11-3)94(99-7)67-79-58-85(73-92(64-79)105-53-48-43-38-33-28-23-18-13-5)95(100-8)68-80-57-84(72-91(65-80)104-52-47-42-37-32-27-22-17-12-4)93(98-6)66-78-55-82(86(59-76)74-96)70-89(63-78)102-50-45-40-35-30-25-20-15-10-2/h54-73H,9-53H2,1-5H3. The molecule has 0 saturated carbocycles. The summed E-state index contributed by atoms with van der Waals surface area (Å²) >= 11 is 0. The summed E-state index contributed by atoms with van der Waals surface area (Å²) in [4.78, 5) is 12.6. The van der Waals surface area contributed by atoms with Crippen molar-refractivity contribution in [2.45, 2.75) is 291 Å². The Morgan fingerprint density at radius 2 is 0.419 bits per heavy atom. The van der Waals surface area contributed by atoms with Gasteiger partial charge < -0.3 is 23.7 Å². The molecule has 0 aliphatic heterocycles. The molecule has 0 N–H and O–H groups in total. The summed E-state index contributed by atoms with van der Waals surface area (Å²) in [7, 11) is 0. The topological polar surface area (TPSA) is 107 Å². The molecule has 560 valence electrons. The van der Waals surface area contributed by atoms with Crippen LogP contribution in [0.5, 0.6) is 28.7 Å². The van der Waals surface area contributed by atoms with Crippen molar-refractivity contribution in [3.63, 3.8) is 0 Å². The van der Waals surface area contributed by atoms with Gasteiger partial charge in [-0.1, -0.05) is 278 Å². The zero-order valence-electron chi connectivity index (χ0n) is 65.1. The monoisotopic (exact) mass is 1420 g/mol. The highest BCUT2D eigenvalue weighted by Gasteiger charge is 2.17. The molecule has 1 aliphatic rings. The molecule has 105 heavy (non-hydrogen) atoms. The van der Waals surface area contributed by atoms with E-state index in [1.807, 2.05) is 121 Å². The highest BCUT2D eigenvalue weighted by Crippen LogP contribution is 2.37. The molecule has 0 heterocycles. The predicted molar refractivity (Wildman–Crippen MR) is 443 cm³/mol. The number of benzene rings is 5. The van der Waals surface area contributed by atoms with Crippen LogP contribution in [0.1, 0.15) is 347 Å². The van der Waals surface area contributed by atoms with Crippen molar-refractivity contribution < 1.29 is 23.7 Å². The molecular weight excluding hydrogens is 1290 g/mol. The summed E-state index contributed by atoms with van der Waals surface area (Å²) in [6.07, 6.45) is 55.6. The molecule has 6 rings (SSSR count). The van der Waals surface area contributed by atoms with Gasteiger partial charge in [0.05, 0.1) is 76.0 Å². The lowest BCUT2D eigenvalue weighted by Crippen LogP contribution is -2.00. The minimum atomic E-state index is 0.341. The van der Waals surface area contributed by atoms with E-state index in [9.17, 15) is 10.5 Å². The number of fused-ring (bicyclic) bond motifs is 10. The maximum Gasteiger partial charge on any atom is 0.195 e. The van der Waals surface area contributed by atoms with Crippen LogP contribution in [0.3, 0.4) is 0 Å². The first kappa shape index (κ1) is 85.2. The summed E-state index contributed by atoms with van der Waals surface area (Å²) in [6.45, 7) is 40.3. The van der Waals surface area contributed by atoms with Gasteiger partial charge in [-0.15, -0.1) is 0 Å². The molecule has 0 atom stereocenters. The van der Waals surface area contributed by atoms with Gasteiger partial charge in [-0.25, -0.2) is 14.5 Å². The number of unbranched alkanes of at least 4 members (excludes halogenated alkanes) is 35. The van der Waals surface area contributed by atoms with Crippen LogP contribution < -0.4 is 23.7 Å². The van der Waals surface area contributed by atoms with Crippen LogP contribution in [0.2, 0.25) is 0 Å². The second-order valence-electron chi connectivity index (χ2n) is 28.8. The van der Waals surface area contributed by atoms with E-state index in [2.05, 4.69) is 61.3 Å². The van der Waals surface area contributed by atoms with Gasteiger partial charge >= 0.3 is 0 Å². The molecule has 5 aromatic carbocycles. The molecule has 0 aromatic heterocycles. The van der Waals surface area contributed by atoms with E-state index < -0.39 is 0 Å². The molecule has 10 heteroatoms. The number of rotatable bonds is 50. The fraction of sp³-hybridized carbons (Fsp3) is 0.526. The lowest BCUT2D eigenvalue weighted by atomic mass is 9.96. The first-order valence-corrected chi connectivity index (χ1v) is 41.1. The number of ether oxygens (including phenoxy) is 5. The second-order valence-corrected chi connectivity index (χ2v) is 28.8. The van der Waals surface area contributed by atoms with Crippen LogP contribution >= 0.6 is 0 Å². The average molecular weight is 1420 g/mol. The molecule has 10 bridgehead atoms. The maximum absolute atomic E-state index is 11.3. The fourth-order valence-corrected chi connectivity index (χ4v) is 13.5. The summed E-state index contributed by atoms with van der Waals surface area (Å²) in [5.41, 5.74) is 8.13. The van der Waals surface area contributed by atoms with Crippen molar-refractivity contribution in [3.05, 3.63) is 181 Å². The molecular formula is C95H125N5O5. The van der Waals surface area contributed by atoms with E-state index in [1.54, 1.807) is 0 Å². The quantitative estimate of drug-likeness (QED) is 0.0282. The molecule has 0 amide bonds. The van der Waals surface area contributed by atoms with Gasteiger partial charge in [-0.05, 0) is 191 Å². The van der Waals surface area contributed by atoms with Crippen LogP contribution in [-0.2, 0) is 0 Å². The number of hydrogen-bond acceptors (Lipinski definition) is 7. The molecule has 0 unspecified atom stereocenters. The number of nitriles is 2. The zero-order valence-corrected chi connectivity index (χ0v) is 65.1.